The number of anilines is 1. The topological polar surface area (TPSA) is 582 Å². The molecule has 2 amide bonds. The molecule has 0 aromatic heterocycles. The lowest BCUT2D eigenvalue weighted by atomic mass is 9.54. The number of primary amides is 1. The average molecular weight is 2020 g/mol. The van der Waals surface area contributed by atoms with E-state index in [1.807, 2.05) is 58.8 Å². The summed E-state index contributed by atoms with van der Waals surface area (Å²) in [6, 6.07) is 2.32. The third-order valence-corrected chi connectivity index (χ3v) is 31.1. The third kappa shape index (κ3) is 22.9. The molecule has 3 aromatic rings. The smallest absolute Gasteiger partial charge is 0.312 e. The second-order valence-corrected chi connectivity index (χ2v) is 42.1. The first-order valence-electron chi connectivity index (χ1n) is 48.9. The standard InChI is InChI=1S/C43H58N4O12.C38H72N2O12.C22H24N2O8/c1-21-12-11-13-22(2)42(55)45-33-28(20-44-47-17-15-46(9)16-18-47)37(52)30-31(38(33)53)36(51)26(6)40-32(30)41(54)43(8,59-40)57-19-14-29(56-10)23(3)39(58-27(7)48)25(5)35(50)24(4)34(21)49;1-15-27-38(10,46)31(42)24(6)40(13)19-20(2)17-36(8,45)33(52-35-29(41)26(39(11)12)16-21(3)48-35)22(4)30(23(5)34(44)50-27)51-28-18-37(9,47-14)32(43)25(7)49-28;1-7-8-5-4-6-9(25)11(8)16(26)12-10(7)17(27)14-15(24(2)3)18(28)13(21(23)31)20(30)22(14,32)19(12)29/h11-14,19-21,23-25,29,34-35,39,49-53H,15-18H2,1-10H3,(H,45,55);20-33,35,41-43,45-46H,15-19H2,1-14H3;4-7,10,14-15,17,25-27,30,32H,1-3H3,(H2,23,31)/b12-11+,19-14+,22-13-,44-20-;;/t21-,23+,24+,25+,29-,34-,35+,39+,43-;20-,21-,22+,23-,24-,25+,26+,27-,28+,29-,30+,31-,32+,33-,35+,36-,37-,38-;7-,10+,14+,15-,17-,22-/m010/s1. The van der Waals surface area contributed by atoms with Gasteiger partial charge in [0.2, 0.25) is 5.78 Å². The van der Waals surface area contributed by atoms with Gasteiger partial charge < -0.3 is 150 Å². The van der Waals surface area contributed by atoms with Gasteiger partial charge in [-0.3, -0.25) is 43.5 Å². The van der Waals surface area contributed by atoms with Gasteiger partial charge in [-0.15, -0.1) is 0 Å². The number of carbonyl (C=O) groups is 7. The number of nitrogens with two attached hydrogens (primary N) is 1. The van der Waals surface area contributed by atoms with Gasteiger partial charge in [-0.05, 0) is 153 Å². The van der Waals surface area contributed by atoms with Crippen molar-refractivity contribution in [1.82, 2.24) is 24.6 Å². The van der Waals surface area contributed by atoms with Crippen LogP contribution in [0.25, 0.3) is 16.5 Å². The van der Waals surface area contributed by atoms with E-state index in [9.17, 15) is 110 Å². The molecule has 1 saturated carbocycles. The highest BCUT2D eigenvalue weighted by Crippen LogP contribution is 2.59. The second kappa shape index (κ2) is 45.5. The monoisotopic (exact) mass is 2020 g/mol. The number of Topliss-reactive ketones (excluding diaryl/α,β-unsaturated/α-hetero) is 3. The molecule has 5 fully saturated rings. The summed E-state index contributed by atoms with van der Waals surface area (Å²) in [6.07, 6.45) is -4.92. The van der Waals surface area contributed by atoms with E-state index in [1.165, 1.54) is 98.5 Å². The van der Waals surface area contributed by atoms with Gasteiger partial charge in [-0.25, -0.2) is 0 Å². The number of hydrogen-bond donors (Lipinski definition) is 17. The van der Waals surface area contributed by atoms with Gasteiger partial charge in [-0.2, -0.15) is 5.10 Å². The molecule has 7 heterocycles. The zero-order valence-electron chi connectivity index (χ0n) is 87.1. The van der Waals surface area contributed by atoms with Crippen LogP contribution in [0.4, 0.5) is 5.69 Å². The predicted octanol–water partition coefficient (Wildman–Crippen LogP) is 5.73. The fourth-order valence-corrected chi connectivity index (χ4v) is 22.2. The van der Waals surface area contributed by atoms with Crippen LogP contribution in [0.1, 0.15) is 189 Å². The van der Waals surface area contributed by atoms with E-state index in [2.05, 4.69) is 15.3 Å². The van der Waals surface area contributed by atoms with Crippen LogP contribution in [0.15, 0.2) is 76.3 Å². The Morgan fingerprint density at radius 2 is 1.35 bits per heavy atom. The number of aromatic hydroxyl groups is 4. The maximum atomic E-state index is 14.4. The molecule has 7 aliphatic heterocycles. The molecule has 0 unspecified atom stereocenters. The number of cyclic esters (lactones) is 1. The number of nitrogens with one attached hydrogen (secondary N) is 1. The molecule has 143 heavy (non-hydrogen) atoms. The second-order valence-electron chi connectivity index (χ2n) is 42.1. The number of phenols is 4. The van der Waals surface area contributed by atoms with Gasteiger partial charge in [0.15, 0.2) is 29.7 Å². The molecule has 0 radical (unpaired) electrons. The number of aliphatic hydroxyl groups is 11. The first-order valence-corrected chi connectivity index (χ1v) is 48.9. The fourth-order valence-electron chi connectivity index (χ4n) is 22.2. The quantitative estimate of drug-likeness (QED) is 0.0319. The number of methoxy groups -OCH3 is 2. The molecule has 798 valence electrons. The zero-order valence-corrected chi connectivity index (χ0v) is 87.1. The van der Waals surface area contributed by atoms with Gasteiger partial charge in [-0.1, -0.05) is 85.8 Å². The van der Waals surface area contributed by atoms with Crippen LogP contribution in [0.2, 0.25) is 0 Å². The summed E-state index contributed by atoms with van der Waals surface area (Å²) in [6.45, 7) is 34.8. The molecule has 4 saturated heterocycles. The molecule has 3 aromatic carbocycles. The minimum atomic E-state index is -2.89. The van der Waals surface area contributed by atoms with Crippen LogP contribution in [0.3, 0.4) is 0 Å². The molecule has 10 aliphatic rings. The van der Waals surface area contributed by atoms with Crippen molar-refractivity contribution in [1.29, 1.82) is 0 Å². The van der Waals surface area contributed by atoms with E-state index < -0.39 is 260 Å². The Labute approximate surface area is 835 Å². The lowest BCUT2D eigenvalue weighted by Gasteiger charge is -2.53. The Morgan fingerprint density at radius 1 is 0.713 bits per heavy atom. The minimum Gasteiger partial charge on any atom is -0.508 e. The van der Waals surface area contributed by atoms with Crippen LogP contribution < -0.4 is 15.8 Å². The van der Waals surface area contributed by atoms with Gasteiger partial charge in [0.1, 0.15) is 76.2 Å². The summed E-state index contributed by atoms with van der Waals surface area (Å²) in [5, 5.41) is 180. The number of rotatable bonds is 13. The van der Waals surface area contributed by atoms with Crippen molar-refractivity contribution in [2.24, 2.45) is 64.1 Å². The largest absolute Gasteiger partial charge is 0.508 e. The Hall–Kier alpha value is -9.38. The molecule has 40 heteroatoms. The zero-order chi connectivity index (χ0) is 107. The number of benzene rings is 3. The Balaban J connectivity index is 0.000000229. The Bertz CT molecular complexity index is 5340. The van der Waals surface area contributed by atoms with Crippen LogP contribution in [0.5, 0.6) is 28.7 Å². The molecule has 13 rings (SSSR count). The molecular formula is C103H154N8O32. The molecule has 18 N–H and O–H groups in total. The molecule has 40 nitrogen and oxygen atoms in total. The number of likely N-dealkylation sites (N-methyl/N-ethyl adjacent to an activating group) is 4. The lowest BCUT2D eigenvalue weighted by molar-refractivity contribution is -0.318. The number of ketones is 3. The number of ether oxygens (including phenoxy) is 10. The third-order valence-electron chi connectivity index (χ3n) is 31.1. The number of phenolic OH excluding ortho intramolecular Hbond substituents is 4. The maximum Gasteiger partial charge on any atom is 0.312 e. The van der Waals surface area contributed by atoms with Crippen LogP contribution in [-0.2, 0) is 71.4 Å². The number of hydrazone groups is 1. The summed E-state index contributed by atoms with van der Waals surface area (Å²) >= 11 is 0. The van der Waals surface area contributed by atoms with E-state index in [4.69, 9.17) is 53.1 Å². The average Bonchev–Trinajstić information content (AvgIpc) is 1.26. The van der Waals surface area contributed by atoms with Crippen LogP contribution in [-0.4, -0.2) is 376 Å². The van der Waals surface area contributed by atoms with Crippen LogP contribution >= 0.6 is 0 Å². The van der Waals surface area contributed by atoms with Gasteiger partial charge in [0.25, 0.3) is 17.6 Å². The number of amides is 2. The van der Waals surface area contributed by atoms with Crippen molar-refractivity contribution < 1.29 is 158 Å². The molecule has 0 spiro atoms. The van der Waals surface area contributed by atoms with Crippen molar-refractivity contribution in [2.75, 3.05) is 94.5 Å². The highest BCUT2D eigenvalue weighted by molar-refractivity contribution is 6.26. The fraction of sp³-hybridized carbons (Fsp3) is 0.670. The van der Waals surface area contributed by atoms with Crippen molar-refractivity contribution in [3.8, 4) is 28.7 Å². The molecule has 33 atom stereocenters. The van der Waals surface area contributed by atoms with Crippen LogP contribution in [0, 0.1) is 60.2 Å². The minimum absolute atomic E-state index is 0.0245. The van der Waals surface area contributed by atoms with Crippen molar-refractivity contribution in [2.45, 2.75) is 301 Å². The highest BCUT2D eigenvalue weighted by Gasteiger charge is 2.69. The number of esters is 2. The first kappa shape index (κ1) is 116. The van der Waals surface area contributed by atoms with Gasteiger partial charge in [0.05, 0.1) is 118 Å². The summed E-state index contributed by atoms with van der Waals surface area (Å²) in [5.74, 6) is -19.8. The van der Waals surface area contributed by atoms with Gasteiger partial charge in [0, 0.05) is 137 Å². The Kier molecular flexibility index (Phi) is 36.8. The van der Waals surface area contributed by atoms with Crippen molar-refractivity contribution >= 4 is 69.5 Å². The van der Waals surface area contributed by atoms with E-state index in [-0.39, 0.29) is 93.1 Å². The summed E-state index contributed by atoms with van der Waals surface area (Å²) in [7, 11) is 13.5. The lowest BCUT2D eigenvalue weighted by Crippen LogP contribution is -2.70. The molecule has 3 aliphatic carbocycles. The highest BCUT2D eigenvalue weighted by atomic mass is 16.7. The van der Waals surface area contributed by atoms with Crippen molar-refractivity contribution in [3.05, 3.63) is 99.1 Å². The number of piperazine rings is 1. The number of carbonyl (C=O) groups excluding carboxylic acids is 7. The number of allylic oxidation sites excluding steroid dienone is 2. The summed E-state index contributed by atoms with van der Waals surface area (Å²) in [4.78, 5) is 101. The number of fused-ring (bicyclic) bond motifs is 17. The number of hydrogen-bond acceptors (Lipinski definition) is 38. The van der Waals surface area contributed by atoms with E-state index in [0.717, 1.165) is 13.1 Å². The van der Waals surface area contributed by atoms with E-state index >= 15 is 0 Å². The number of aliphatic hydroxyl groups excluding tert-OH is 8. The Morgan fingerprint density at radius 3 is 1.94 bits per heavy atom. The predicted molar refractivity (Wildman–Crippen MR) is 525 cm³/mol. The SMILES string of the molecule is CC[C@H]1OC(=O)[C@H](C)[C@@H](O[C@H]2C[C@@](C)(OC)[C@@H](O)[C@H](C)O2)[C@H](C)[C@@H](O[C@@H]2O[C@H](C)C[C@H](N(C)C)[C@H]2O)[C@](C)(O)C[C@@H](C)CN(C)[C@H](C)[C@@H](O)[C@]1(C)O.CO[C@H]1/C=C/O[C@@]2(C)Oc3c(C)c(O)c4c(O)c(c(/C=N\N5CCN(C)CC5)c(O)c4c3C2=O)NC(=O)/C(C)=C\C=C\[C@H](C)[C@H](O)[C@@H](C)[C@@H](O)[C@@H](C)[C@H](OC(C)=O)[C@@H]1C.C[C@H]1c2cccc(O)c2C(O)=C2C(=O)[C@]3(O)C(O)=C(C(N)=O)C(=O)[C@@H](N(C)C)[C@@H]3[C@@H](O)[C@@H]21. The van der Waals surface area contributed by atoms with E-state index in [1.54, 1.807) is 105 Å². The molecule has 5 bridgehead atoms. The normalized spacial score (nSPS) is 39.0. The first-order chi connectivity index (χ1) is 66.5. The maximum absolute atomic E-state index is 14.4. The van der Waals surface area contributed by atoms with Gasteiger partial charge >= 0.3 is 17.7 Å². The number of nitrogens with zero attached hydrogens (tertiary/aromatic N) is 6. The summed E-state index contributed by atoms with van der Waals surface area (Å²) < 4.78 is 61.1. The van der Waals surface area contributed by atoms with E-state index in [0.29, 0.717) is 31.6 Å². The van der Waals surface area contributed by atoms with Crippen molar-refractivity contribution in [3.63, 3.8) is 0 Å². The molecular weight excluding hydrogens is 1860 g/mol. The summed E-state index contributed by atoms with van der Waals surface area (Å²) in [5.41, 5.74) is -3.26.